The van der Waals surface area contributed by atoms with Crippen molar-refractivity contribution in [1.29, 1.82) is 0 Å². The second-order valence-electron chi connectivity index (χ2n) is 5.48. The van der Waals surface area contributed by atoms with Gasteiger partial charge in [-0.1, -0.05) is 30.3 Å². The molecular formula is C16H20N2O5. The van der Waals surface area contributed by atoms with Crippen LogP contribution in [0.25, 0.3) is 0 Å². The second kappa shape index (κ2) is 7.62. The summed E-state index contributed by atoms with van der Waals surface area (Å²) in [5.74, 6) is -1.39. The summed E-state index contributed by atoms with van der Waals surface area (Å²) < 4.78 is 5.13. The maximum Gasteiger partial charge on any atom is 0.410 e. The molecule has 0 saturated carbocycles. The van der Waals surface area contributed by atoms with Crippen molar-refractivity contribution in [3.05, 3.63) is 35.9 Å². The fourth-order valence-electron chi connectivity index (χ4n) is 2.51. The van der Waals surface area contributed by atoms with Crippen molar-refractivity contribution >= 4 is 18.0 Å². The monoisotopic (exact) mass is 320 g/mol. The number of carbonyl (C=O) groups is 3. The Bertz CT molecular complexity index is 575. The quantitative estimate of drug-likeness (QED) is 0.884. The van der Waals surface area contributed by atoms with E-state index in [1.807, 2.05) is 30.3 Å². The fraction of sp³-hybridized carbons (Fsp3) is 0.438. The first-order valence-electron chi connectivity index (χ1n) is 7.43. The number of hydrogen-bond donors (Lipinski definition) is 1. The van der Waals surface area contributed by atoms with Gasteiger partial charge in [0.05, 0.1) is 0 Å². The van der Waals surface area contributed by atoms with Crippen LogP contribution in [0.15, 0.2) is 30.3 Å². The molecule has 0 aliphatic carbocycles. The number of likely N-dealkylation sites (N-methyl/N-ethyl adjacent to an activating group) is 1. The van der Waals surface area contributed by atoms with Crippen LogP contribution in [-0.2, 0) is 20.9 Å². The highest BCUT2D eigenvalue weighted by atomic mass is 16.6. The molecule has 7 nitrogen and oxygen atoms in total. The number of carboxylic acids is 1. The Morgan fingerprint density at radius 1 is 1.30 bits per heavy atom. The average Bonchev–Trinajstić information content (AvgIpc) is 3.03. The zero-order valence-corrected chi connectivity index (χ0v) is 13.0. The molecule has 1 atom stereocenters. The molecule has 1 aliphatic heterocycles. The predicted molar refractivity (Wildman–Crippen MR) is 81.6 cm³/mol. The van der Waals surface area contributed by atoms with Gasteiger partial charge in [-0.3, -0.25) is 4.79 Å². The van der Waals surface area contributed by atoms with Gasteiger partial charge in [-0.25, -0.2) is 9.59 Å². The lowest BCUT2D eigenvalue weighted by molar-refractivity contribution is -0.148. The summed E-state index contributed by atoms with van der Waals surface area (Å²) in [6, 6.07) is 8.42. The lowest BCUT2D eigenvalue weighted by atomic mass is 10.2. The van der Waals surface area contributed by atoms with Crippen LogP contribution in [0.3, 0.4) is 0 Å². The summed E-state index contributed by atoms with van der Waals surface area (Å²) in [7, 11) is 1.46. The van der Waals surface area contributed by atoms with Gasteiger partial charge < -0.3 is 19.6 Å². The van der Waals surface area contributed by atoms with E-state index in [-0.39, 0.29) is 19.1 Å². The molecule has 1 aromatic rings. The van der Waals surface area contributed by atoms with Crippen LogP contribution in [0.4, 0.5) is 4.79 Å². The first kappa shape index (κ1) is 16.8. The molecule has 0 spiro atoms. The predicted octanol–water partition coefficient (Wildman–Crippen LogP) is 1.33. The van der Waals surface area contributed by atoms with Gasteiger partial charge in [-0.05, 0) is 18.4 Å². The Kier molecular flexibility index (Phi) is 5.56. The number of benzene rings is 1. The van der Waals surface area contributed by atoms with Crippen molar-refractivity contribution in [3.8, 4) is 0 Å². The van der Waals surface area contributed by atoms with Crippen LogP contribution in [0.2, 0.25) is 0 Å². The standard InChI is InChI=1S/C16H20N2O5/c1-17(16(22)23-11-12-6-3-2-4-7-12)10-14(19)18-9-5-8-13(18)15(20)21/h2-4,6-7,13H,5,8-11H2,1H3,(H,20,21)/t13-/m0/s1. The van der Waals surface area contributed by atoms with Crippen LogP contribution >= 0.6 is 0 Å². The SMILES string of the molecule is CN(CC(=O)N1CCC[C@H]1C(=O)O)C(=O)OCc1ccccc1. The summed E-state index contributed by atoms with van der Waals surface area (Å²) in [6.45, 7) is 0.333. The van der Waals surface area contributed by atoms with Gasteiger partial charge in [0, 0.05) is 13.6 Å². The number of ether oxygens (including phenoxy) is 1. The van der Waals surface area contributed by atoms with Gasteiger partial charge in [-0.2, -0.15) is 0 Å². The number of amides is 2. The Morgan fingerprint density at radius 2 is 2.00 bits per heavy atom. The molecule has 1 N–H and O–H groups in total. The third-order valence-electron chi connectivity index (χ3n) is 3.75. The Balaban J connectivity index is 1.83. The molecule has 1 aliphatic rings. The number of rotatable bonds is 5. The van der Waals surface area contributed by atoms with Crippen LogP contribution in [0.5, 0.6) is 0 Å². The number of carbonyl (C=O) groups excluding carboxylic acids is 2. The van der Waals surface area contributed by atoms with E-state index < -0.39 is 18.1 Å². The molecule has 1 saturated heterocycles. The molecule has 2 rings (SSSR count). The number of nitrogens with zero attached hydrogens (tertiary/aromatic N) is 2. The second-order valence-corrected chi connectivity index (χ2v) is 5.48. The molecule has 0 radical (unpaired) electrons. The van der Waals surface area contributed by atoms with E-state index in [1.54, 1.807) is 0 Å². The van der Waals surface area contributed by atoms with E-state index >= 15 is 0 Å². The summed E-state index contributed by atoms with van der Waals surface area (Å²) in [4.78, 5) is 37.6. The molecule has 23 heavy (non-hydrogen) atoms. The summed E-state index contributed by atoms with van der Waals surface area (Å²) in [6.07, 6.45) is 0.488. The number of likely N-dealkylation sites (tertiary alicyclic amines) is 1. The summed E-state index contributed by atoms with van der Waals surface area (Å²) >= 11 is 0. The van der Waals surface area contributed by atoms with Crippen LogP contribution < -0.4 is 0 Å². The molecule has 124 valence electrons. The van der Waals surface area contributed by atoms with Crippen molar-refractivity contribution in [2.75, 3.05) is 20.1 Å². The zero-order valence-electron chi connectivity index (χ0n) is 13.0. The van der Waals surface area contributed by atoms with Crippen LogP contribution in [0, 0.1) is 0 Å². The maximum atomic E-state index is 12.2. The van der Waals surface area contributed by atoms with E-state index in [9.17, 15) is 14.4 Å². The Morgan fingerprint density at radius 3 is 2.65 bits per heavy atom. The summed E-state index contributed by atoms with van der Waals surface area (Å²) in [5.41, 5.74) is 0.853. The maximum absolute atomic E-state index is 12.2. The molecule has 0 bridgehead atoms. The molecule has 2 amide bonds. The van der Waals surface area contributed by atoms with E-state index in [4.69, 9.17) is 9.84 Å². The minimum absolute atomic E-state index is 0.125. The number of aliphatic carboxylic acids is 1. The molecule has 1 heterocycles. The molecule has 7 heteroatoms. The van der Waals surface area contributed by atoms with E-state index in [2.05, 4.69) is 0 Å². The van der Waals surface area contributed by atoms with Gasteiger partial charge in [-0.15, -0.1) is 0 Å². The van der Waals surface area contributed by atoms with Crippen molar-refractivity contribution in [2.24, 2.45) is 0 Å². The lowest BCUT2D eigenvalue weighted by Gasteiger charge is -2.24. The zero-order chi connectivity index (χ0) is 16.8. The van der Waals surface area contributed by atoms with E-state index in [1.165, 1.54) is 11.9 Å². The van der Waals surface area contributed by atoms with Gasteiger partial charge in [0.2, 0.25) is 5.91 Å². The normalized spacial score (nSPS) is 16.9. The Hall–Kier alpha value is -2.57. The molecular weight excluding hydrogens is 300 g/mol. The van der Waals surface area contributed by atoms with Gasteiger partial charge >= 0.3 is 12.1 Å². The molecule has 1 fully saturated rings. The van der Waals surface area contributed by atoms with Crippen molar-refractivity contribution in [3.63, 3.8) is 0 Å². The first-order valence-corrected chi connectivity index (χ1v) is 7.43. The number of hydrogen-bond acceptors (Lipinski definition) is 4. The average molecular weight is 320 g/mol. The minimum Gasteiger partial charge on any atom is -0.480 e. The van der Waals surface area contributed by atoms with E-state index in [0.29, 0.717) is 19.4 Å². The minimum atomic E-state index is -1.01. The van der Waals surface area contributed by atoms with Crippen molar-refractivity contribution < 1.29 is 24.2 Å². The third-order valence-corrected chi connectivity index (χ3v) is 3.75. The fourth-order valence-corrected chi connectivity index (χ4v) is 2.51. The highest BCUT2D eigenvalue weighted by molar-refractivity contribution is 5.87. The highest BCUT2D eigenvalue weighted by Gasteiger charge is 2.34. The van der Waals surface area contributed by atoms with Crippen molar-refractivity contribution in [1.82, 2.24) is 9.80 Å². The summed E-state index contributed by atoms with van der Waals surface area (Å²) in [5, 5.41) is 9.09. The number of carboxylic acid groups (broad SMARTS) is 1. The largest absolute Gasteiger partial charge is 0.480 e. The van der Waals surface area contributed by atoms with Crippen LogP contribution in [-0.4, -0.2) is 59.1 Å². The lowest BCUT2D eigenvalue weighted by Crippen LogP contribution is -2.46. The van der Waals surface area contributed by atoms with Gasteiger partial charge in [0.15, 0.2) is 0 Å². The van der Waals surface area contributed by atoms with Crippen molar-refractivity contribution in [2.45, 2.75) is 25.5 Å². The smallest absolute Gasteiger partial charge is 0.410 e. The molecule has 0 aromatic heterocycles. The molecule has 0 unspecified atom stereocenters. The van der Waals surface area contributed by atoms with Crippen LogP contribution in [0.1, 0.15) is 18.4 Å². The topological polar surface area (TPSA) is 87.2 Å². The van der Waals surface area contributed by atoms with E-state index in [0.717, 1.165) is 10.5 Å². The third kappa shape index (κ3) is 4.45. The highest BCUT2D eigenvalue weighted by Crippen LogP contribution is 2.17. The molecule has 1 aromatic carbocycles. The van der Waals surface area contributed by atoms with Gasteiger partial charge in [0.1, 0.15) is 19.2 Å². The first-order chi connectivity index (χ1) is 11.0. The Labute approximate surface area is 134 Å². The van der Waals surface area contributed by atoms with Gasteiger partial charge in [0.25, 0.3) is 0 Å².